The van der Waals surface area contributed by atoms with Gasteiger partial charge in [-0.25, -0.2) is 0 Å². The molecule has 0 aromatic heterocycles. The van der Waals surface area contributed by atoms with Crippen LogP contribution in [0.5, 0.6) is 0 Å². The zero-order valence-electron chi connectivity index (χ0n) is 7.03. The molecule has 1 aliphatic carbocycles. The SMILES string of the molecule is CC1CCC2C=CC=NC2C1. The summed E-state index contributed by atoms with van der Waals surface area (Å²) >= 11 is 0. The molecule has 2 rings (SSSR count). The summed E-state index contributed by atoms with van der Waals surface area (Å²) in [5.41, 5.74) is 0. The van der Waals surface area contributed by atoms with Crippen LogP contribution < -0.4 is 0 Å². The molecule has 0 aromatic rings. The molecule has 11 heavy (non-hydrogen) atoms. The van der Waals surface area contributed by atoms with Crippen molar-refractivity contribution in [1.82, 2.24) is 0 Å². The minimum Gasteiger partial charge on any atom is -0.289 e. The van der Waals surface area contributed by atoms with Gasteiger partial charge in [0.15, 0.2) is 0 Å². The zero-order chi connectivity index (χ0) is 7.68. The lowest BCUT2D eigenvalue weighted by atomic mass is 9.78. The van der Waals surface area contributed by atoms with E-state index in [4.69, 9.17) is 0 Å². The first-order valence-corrected chi connectivity index (χ1v) is 4.56. The van der Waals surface area contributed by atoms with Crippen LogP contribution in [0.3, 0.4) is 0 Å². The number of allylic oxidation sites excluding steroid dienone is 1. The Morgan fingerprint density at radius 2 is 2.27 bits per heavy atom. The first kappa shape index (κ1) is 7.08. The maximum Gasteiger partial charge on any atom is 0.0564 e. The predicted molar refractivity (Wildman–Crippen MR) is 47.9 cm³/mol. The summed E-state index contributed by atoms with van der Waals surface area (Å²) < 4.78 is 0. The summed E-state index contributed by atoms with van der Waals surface area (Å²) in [7, 11) is 0. The van der Waals surface area contributed by atoms with Crippen molar-refractivity contribution in [2.45, 2.75) is 32.2 Å². The normalized spacial score (nSPS) is 42.1. The van der Waals surface area contributed by atoms with Gasteiger partial charge in [-0.1, -0.05) is 13.0 Å². The predicted octanol–water partition coefficient (Wildman–Crippen LogP) is 2.43. The molecule has 0 saturated heterocycles. The van der Waals surface area contributed by atoms with Crippen molar-refractivity contribution >= 4 is 6.21 Å². The molecule has 1 heteroatoms. The Labute approximate surface area is 68.2 Å². The molecule has 0 amide bonds. The molecule has 60 valence electrons. The second-order valence-electron chi connectivity index (χ2n) is 3.83. The lowest BCUT2D eigenvalue weighted by molar-refractivity contribution is 0.289. The Morgan fingerprint density at radius 1 is 1.36 bits per heavy atom. The van der Waals surface area contributed by atoms with Crippen LogP contribution in [0.4, 0.5) is 0 Å². The van der Waals surface area contributed by atoms with Crippen LogP contribution in [-0.4, -0.2) is 12.3 Å². The van der Waals surface area contributed by atoms with Gasteiger partial charge >= 0.3 is 0 Å². The van der Waals surface area contributed by atoms with E-state index in [1.165, 1.54) is 19.3 Å². The van der Waals surface area contributed by atoms with Gasteiger partial charge in [0.1, 0.15) is 0 Å². The standard InChI is InChI=1S/C10H15N/c1-8-4-5-9-3-2-6-11-10(9)7-8/h2-3,6,8-10H,4-5,7H2,1H3. The largest absolute Gasteiger partial charge is 0.289 e. The molecule has 1 heterocycles. The highest BCUT2D eigenvalue weighted by Gasteiger charge is 2.26. The van der Waals surface area contributed by atoms with E-state index in [-0.39, 0.29) is 0 Å². The van der Waals surface area contributed by atoms with Gasteiger partial charge in [0, 0.05) is 6.21 Å². The monoisotopic (exact) mass is 149 g/mol. The van der Waals surface area contributed by atoms with E-state index in [1.54, 1.807) is 0 Å². The van der Waals surface area contributed by atoms with E-state index in [0.717, 1.165) is 11.8 Å². The van der Waals surface area contributed by atoms with Gasteiger partial charge < -0.3 is 0 Å². The van der Waals surface area contributed by atoms with E-state index >= 15 is 0 Å². The Morgan fingerprint density at radius 3 is 3.18 bits per heavy atom. The third-order valence-corrected chi connectivity index (χ3v) is 2.85. The summed E-state index contributed by atoms with van der Waals surface area (Å²) in [4.78, 5) is 4.49. The van der Waals surface area contributed by atoms with Gasteiger partial charge in [-0.15, -0.1) is 0 Å². The fourth-order valence-electron chi connectivity index (χ4n) is 2.12. The summed E-state index contributed by atoms with van der Waals surface area (Å²) in [6, 6.07) is 0.615. The van der Waals surface area contributed by atoms with Crippen LogP contribution in [-0.2, 0) is 0 Å². The minimum absolute atomic E-state index is 0.615. The molecule has 0 N–H and O–H groups in total. The van der Waals surface area contributed by atoms with E-state index in [1.807, 2.05) is 6.21 Å². The highest BCUT2D eigenvalue weighted by molar-refractivity contribution is 5.72. The average Bonchev–Trinajstić information content (AvgIpc) is 2.04. The molecule has 0 aromatic carbocycles. The highest BCUT2D eigenvalue weighted by atomic mass is 14.8. The number of nitrogens with zero attached hydrogens (tertiary/aromatic N) is 1. The smallest absolute Gasteiger partial charge is 0.0564 e. The number of hydrogen-bond acceptors (Lipinski definition) is 1. The molecule has 1 saturated carbocycles. The first-order valence-electron chi connectivity index (χ1n) is 4.56. The molecule has 2 aliphatic rings. The first-order chi connectivity index (χ1) is 5.36. The van der Waals surface area contributed by atoms with Crippen molar-refractivity contribution in [2.24, 2.45) is 16.8 Å². The molecule has 0 radical (unpaired) electrons. The number of rotatable bonds is 0. The Kier molecular flexibility index (Phi) is 1.80. The molecule has 0 bridgehead atoms. The number of fused-ring (bicyclic) bond motifs is 1. The quantitative estimate of drug-likeness (QED) is 0.501. The molecular formula is C10H15N. The fraction of sp³-hybridized carbons (Fsp3) is 0.700. The Hall–Kier alpha value is -0.590. The van der Waals surface area contributed by atoms with Crippen molar-refractivity contribution in [3.63, 3.8) is 0 Å². The Bertz CT molecular complexity index is 193. The van der Waals surface area contributed by atoms with Gasteiger partial charge in [0.2, 0.25) is 0 Å². The fourth-order valence-corrected chi connectivity index (χ4v) is 2.12. The molecule has 0 spiro atoms. The number of hydrogen-bond donors (Lipinski definition) is 0. The van der Waals surface area contributed by atoms with E-state index in [2.05, 4.69) is 24.1 Å². The summed E-state index contributed by atoms with van der Waals surface area (Å²) in [5.74, 6) is 1.65. The van der Waals surface area contributed by atoms with Crippen LogP contribution >= 0.6 is 0 Å². The lowest BCUT2D eigenvalue weighted by Crippen LogP contribution is -2.27. The van der Waals surface area contributed by atoms with Gasteiger partial charge in [-0.3, -0.25) is 4.99 Å². The third kappa shape index (κ3) is 1.37. The van der Waals surface area contributed by atoms with Gasteiger partial charge in [0.05, 0.1) is 6.04 Å². The Balaban J connectivity index is 2.07. The molecular weight excluding hydrogens is 134 g/mol. The van der Waals surface area contributed by atoms with Crippen molar-refractivity contribution in [3.05, 3.63) is 12.2 Å². The van der Waals surface area contributed by atoms with E-state index < -0.39 is 0 Å². The van der Waals surface area contributed by atoms with Crippen LogP contribution in [0, 0.1) is 11.8 Å². The number of dihydropyridines is 1. The van der Waals surface area contributed by atoms with E-state index in [0.29, 0.717) is 6.04 Å². The molecule has 1 nitrogen and oxygen atoms in total. The van der Waals surface area contributed by atoms with Crippen LogP contribution in [0.2, 0.25) is 0 Å². The van der Waals surface area contributed by atoms with Gasteiger partial charge in [-0.2, -0.15) is 0 Å². The summed E-state index contributed by atoms with van der Waals surface area (Å²) in [6.07, 6.45) is 10.4. The second-order valence-corrected chi connectivity index (χ2v) is 3.83. The van der Waals surface area contributed by atoms with Crippen molar-refractivity contribution in [2.75, 3.05) is 0 Å². The van der Waals surface area contributed by atoms with Crippen LogP contribution in [0.15, 0.2) is 17.1 Å². The van der Waals surface area contributed by atoms with Crippen LogP contribution in [0.25, 0.3) is 0 Å². The average molecular weight is 149 g/mol. The maximum absolute atomic E-state index is 4.49. The van der Waals surface area contributed by atoms with Gasteiger partial charge in [0.25, 0.3) is 0 Å². The topological polar surface area (TPSA) is 12.4 Å². The zero-order valence-corrected chi connectivity index (χ0v) is 7.03. The molecule has 3 unspecified atom stereocenters. The third-order valence-electron chi connectivity index (χ3n) is 2.85. The molecule has 1 fully saturated rings. The number of aliphatic imine (C=N–C) groups is 1. The maximum atomic E-state index is 4.49. The minimum atomic E-state index is 0.615. The van der Waals surface area contributed by atoms with Gasteiger partial charge in [-0.05, 0) is 37.2 Å². The van der Waals surface area contributed by atoms with Crippen LogP contribution in [0.1, 0.15) is 26.2 Å². The molecule has 3 atom stereocenters. The van der Waals surface area contributed by atoms with Crippen molar-refractivity contribution in [1.29, 1.82) is 0 Å². The van der Waals surface area contributed by atoms with E-state index in [9.17, 15) is 0 Å². The summed E-state index contributed by atoms with van der Waals surface area (Å²) in [5, 5.41) is 0. The second kappa shape index (κ2) is 2.80. The highest BCUT2D eigenvalue weighted by Crippen LogP contribution is 2.32. The lowest BCUT2D eigenvalue weighted by Gasteiger charge is -2.31. The molecule has 1 aliphatic heterocycles. The van der Waals surface area contributed by atoms with Crippen molar-refractivity contribution < 1.29 is 0 Å². The van der Waals surface area contributed by atoms with Crippen molar-refractivity contribution in [3.8, 4) is 0 Å². The summed E-state index contributed by atoms with van der Waals surface area (Å²) in [6.45, 7) is 2.34.